The molecular formula is C16H26N2O3. The molecule has 0 bridgehead atoms. The quantitative estimate of drug-likeness (QED) is 0.667. The van der Waals surface area contributed by atoms with E-state index in [0.717, 1.165) is 24.3 Å². The first-order chi connectivity index (χ1) is 10.2. The molecular weight excluding hydrogens is 268 g/mol. The average Bonchev–Trinajstić information content (AvgIpc) is 2.48. The number of nitrogens with zero attached hydrogens (tertiary/aromatic N) is 1. The van der Waals surface area contributed by atoms with Crippen molar-refractivity contribution in [2.75, 3.05) is 40.5 Å². The fourth-order valence-corrected chi connectivity index (χ4v) is 1.78. The number of hydrogen-bond donors (Lipinski definition) is 1. The van der Waals surface area contributed by atoms with Gasteiger partial charge in [0.2, 0.25) is 5.91 Å². The van der Waals surface area contributed by atoms with Gasteiger partial charge in [-0.25, -0.2) is 0 Å². The van der Waals surface area contributed by atoms with Crippen LogP contribution in [-0.2, 0) is 16.1 Å². The predicted octanol–water partition coefficient (Wildman–Crippen LogP) is 1.67. The van der Waals surface area contributed by atoms with E-state index in [1.807, 2.05) is 38.2 Å². The molecule has 0 radical (unpaired) electrons. The van der Waals surface area contributed by atoms with Gasteiger partial charge in [-0.15, -0.1) is 0 Å². The van der Waals surface area contributed by atoms with Gasteiger partial charge in [-0.1, -0.05) is 19.1 Å². The van der Waals surface area contributed by atoms with Gasteiger partial charge in [-0.05, 0) is 31.2 Å². The minimum absolute atomic E-state index is 0.00930. The van der Waals surface area contributed by atoms with Crippen molar-refractivity contribution in [3.63, 3.8) is 0 Å². The minimum atomic E-state index is -0.00930. The molecule has 5 heteroatoms. The fraction of sp³-hybridized carbons (Fsp3) is 0.562. The lowest BCUT2D eigenvalue weighted by molar-refractivity contribution is -0.135. The van der Waals surface area contributed by atoms with E-state index < -0.39 is 0 Å². The number of benzene rings is 1. The van der Waals surface area contributed by atoms with Crippen LogP contribution >= 0.6 is 0 Å². The number of ether oxygens (including phenoxy) is 2. The van der Waals surface area contributed by atoms with Gasteiger partial charge in [0.05, 0.1) is 0 Å². The fourth-order valence-electron chi connectivity index (χ4n) is 1.78. The highest BCUT2D eigenvalue weighted by Crippen LogP contribution is 2.14. The lowest BCUT2D eigenvalue weighted by Crippen LogP contribution is -2.30. The Balaban J connectivity index is 2.45. The van der Waals surface area contributed by atoms with Gasteiger partial charge in [0, 0.05) is 26.7 Å². The lowest BCUT2D eigenvalue weighted by Gasteiger charge is -2.17. The van der Waals surface area contributed by atoms with Gasteiger partial charge in [0.1, 0.15) is 19.0 Å². The summed E-state index contributed by atoms with van der Waals surface area (Å²) in [6, 6.07) is 7.81. The largest absolute Gasteiger partial charge is 0.492 e. The van der Waals surface area contributed by atoms with E-state index in [2.05, 4.69) is 5.32 Å². The number of hydrogen-bond acceptors (Lipinski definition) is 4. The molecule has 0 saturated heterocycles. The lowest BCUT2D eigenvalue weighted by atomic mass is 10.2. The zero-order valence-corrected chi connectivity index (χ0v) is 13.2. The third-order valence-corrected chi connectivity index (χ3v) is 2.94. The maximum atomic E-state index is 11.9. The summed E-state index contributed by atoms with van der Waals surface area (Å²) in [6.45, 7) is 4.76. The summed E-state index contributed by atoms with van der Waals surface area (Å²) in [5, 5.41) is 3.03. The van der Waals surface area contributed by atoms with E-state index >= 15 is 0 Å². The number of carbonyl (C=O) groups excluding carboxylic acids is 1. The van der Waals surface area contributed by atoms with Crippen LogP contribution in [0.4, 0.5) is 0 Å². The monoisotopic (exact) mass is 294 g/mol. The second-order valence-corrected chi connectivity index (χ2v) is 4.90. The molecule has 1 rings (SSSR count). The number of amides is 1. The summed E-state index contributed by atoms with van der Waals surface area (Å²) in [5.41, 5.74) is 1.04. The van der Waals surface area contributed by atoms with Crippen LogP contribution in [0.25, 0.3) is 0 Å². The normalized spacial score (nSPS) is 10.4. The number of likely N-dealkylation sites (N-methyl/N-ethyl adjacent to an activating group) is 2. The van der Waals surface area contributed by atoms with Crippen LogP contribution in [0.5, 0.6) is 5.75 Å². The van der Waals surface area contributed by atoms with Gasteiger partial charge in [-0.2, -0.15) is 0 Å². The Bertz CT molecular complexity index is 424. The Labute approximate surface area is 127 Å². The summed E-state index contributed by atoms with van der Waals surface area (Å²) in [6.07, 6.45) is 0.920. The summed E-state index contributed by atoms with van der Waals surface area (Å²) >= 11 is 0. The van der Waals surface area contributed by atoms with Gasteiger partial charge in [0.15, 0.2) is 0 Å². The van der Waals surface area contributed by atoms with E-state index in [1.165, 1.54) is 0 Å². The first kappa shape index (κ1) is 17.5. The van der Waals surface area contributed by atoms with Gasteiger partial charge in [-0.3, -0.25) is 4.79 Å². The van der Waals surface area contributed by atoms with Gasteiger partial charge >= 0.3 is 0 Å². The third-order valence-electron chi connectivity index (χ3n) is 2.94. The van der Waals surface area contributed by atoms with Crippen LogP contribution in [0, 0.1) is 0 Å². The predicted molar refractivity (Wildman–Crippen MR) is 83.4 cm³/mol. The summed E-state index contributed by atoms with van der Waals surface area (Å²) in [4.78, 5) is 13.5. The maximum Gasteiger partial charge on any atom is 0.248 e. The van der Waals surface area contributed by atoms with Gasteiger partial charge in [0.25, 0.3) is 0 Å². The van der Waals surface area contributed by atoms with Crippen LogP contribution in [0.3, 0.4) is 0 Å². The standard InChI is InChI=1S/C16H26N2O3/c1-4-9-20-13-16(19)18(3)12-14-6-5-7-15(11-14)21-10-8-17-2/h5-7,11,17H,4,8-10,12-13H2,1-3H3. The van der Waals surface area contributed by atoms with Crippen molar-refractivity contribution < 1.29 is 14.3 Å². The molecule has 0 spiro atoms. The molecule has 0 aliphatic rings. The summed E-state index contributed by atoms with van der Waals surface area (Å²) < 4.78 is 10.9. The van der Waals surface area contributed by atoms with E-state index in [-0.39, 0.29) is 12.5 Å². The van der Waals surface area contributed by atoms with Crippen molar-refractivity contribution in [2.45, 2.75) is 19.9 Å². The summed E-state index contributed by atoms with van der Waals surface area (Å²) in [7, 11) is 3.67. The Morgan fingerprint density at radius 2 is 2.14 bits per heavy atom. The first-order valence-electron chi connectivity index (χ1n) is 7.35. The zero-order chi connectivity index (χ0) is 15.5. The van der Waals surface area contributed by atoms with Crippen LogP contribution in [0.2, 0.25) is 0 Å². The molecule has 0 aliphatic carbocycles. The van der Waals surface area contributed by atoms with Crippen molar-refractivity contribution in [3.05, 3.63) is 29.8 Å². The van der Waals surface area contributed by atoms with Crippen molar-refractivity contribution in [2.24, 2.45) is 0 Å². The molecule has 5 nitrogen and oxygen atoms in total. The molecule has 1 aromatic carbocycles. The SMILES string of the molecule is CCCOCC(=O)N(C)Cc1cccc(OCCNC)c1. The maximum absolute atomic E-state index is 11.9. The molecule has 21 heavy (non-hydrogen) atoms. The van der Waals surface area contributed by atoms with Crippen molar-refractivity contribution in [3.8, 4) is 5.75 Å². The van der Waals surface area contributed by atoms with Crippen molar-refractivity contribution >= 4 is 5.91 Å². The Hall–Kier alpha value is -1.59. The zero-order valence-electron chi connectivity index (χ0n) is 13.2. The highest BCUT2D eigenvalue weighted by atomic mass is 16.5. The second-order valence-electron chi connectivity index (χ2n) is 4.90. The molecule has 1 amide bonds. The highest BCUT2D eigenvalue weighted by molar-refractivity contribution is 5.77. The number of rotatable bonds is 10. The second kappa shape index (κ2) is 10.2. The molecule has 0 unspecified atom stereocenters. The first-order valence-corrected chi connectivity index (χ1v) is 7.35. The van der Waals surface area contributed by atoms with Crippen LogP contribution in [-0.4, -0.2) is 51.3 Å². The summed E-state index contributed by atoms with van der Waals surface area (Å²) in [5.74, 6) is 0.816. The Morgan fingerprint density at radius 1 is 1.33 bits per heavy atom. The molecule has 118 valence electrons. The highest BCUT2D eigenvalue weighted by Gasteiger charge is 2.09. The van der Waals surface area contributed by atoms with Crippen molar-refractivity contribution in [1.29, 1.82) is 0 Å². The molecule has 1 N–H and O–H groups in total. The Kier molecular flexibility index (Phi) is 8.47. The third kappa shape index (κ3) is 7.11. The smallest absolute Gasteiger partial charge is 0.248 e. The van der Waals surface area contributed by atoms with E-state index in [9.17, 15) is 4.79 Å². The number of carbonyl (C=O) groups is 1. The van der Waals surface area contributed by atoms with Crippen LogP contribution < -0.4 is 10.1 Å². The molecule has 0 fully saturated rings. The molecule has 0 atom stereocenters. The average molecular weight is 294 g/mol. The molecule has 0 aromatic heterocycles. The van der Waals surface area contributed by atoms with Crippen molar-refractivity contribution in [1.82, 2.24) is 10.2 Å². The van der Waals surface area contributed by atoms with Crippen LogP contribution in [0.15, 0.2) is 24.3 Å². The minimum Gasteiger partial charge on any atom is -0.492 e. The number of nitrogens with one attached hydrogen (secondary N) is 1. The van der Waals surface area contributed by atoms with Gasteiger partial charge < -0.3 is 19.7 Å². The van der Waals surface area contributed by atoms with Crippen LogP contribution in [0.1, 0.15) is 18.9 Å². The topological polar surface area (TPSA) is 50.8 Å². The molecule has 0 aliphatic heterocycles. The van der Waals surface area contributed by atoms with E-state index in [4.69, 9.17) is 9.47 Å². The molecule has 0 heterocycles. The Morgan fingerprint density at radius 3 is 2.86 bits per heavy atom. The molecule has 0 saturated carbocycles. The molecule has 1 aromatic rings. The van der Waals surface area contributed by atoms with E-state index in [1.54, 1.807) is 11.9 Å². The van der Waals surface area contributed by atoms with E-state index in [0.29, 0.717) is 19.8 Å².